The fourth-order valence-corrected chi connectivity index (χ4v) is 1.98. The molecule has 1 aliphatic rings. The number of carbonyl (C=O) groups is 1. The summed E-state index contributed by atoms with van der Waals surface area (Å²) in [6, 6.07) is 5.01. The van der Waals surface area contributed by atoms with Crippen molar-refractivity contribution >= 4 is 28.9 Å². The van der Waals surface area contributed by atoms with E-state index in [1.165, 1.54) is 0 Å². The Morgan fingerprint density at radius 3 is 3.06 bits per heavy atom. The SMILES string of the molecule is Nc1ccc(NC(=O)CCN2CCCO2)c(Cl)c1. The molecule has 1 aromatic carbocycles. The summed E-state index contributed by atoms with van der Waals surface area (Å²) in [5, 5.41) is 5.01. The first-order valence-electron chi connectivity index (χ1n) is 5.88. The van der Waals surface area contributed by atoms with Gasteiger partial charge in [0.2, 0.25) is 5.91 Å². The lowest BCUT2D eigenvalue weighted by molar-refractivity contribution is -0.126. The van der Waals surface area contributed by atoms with Crippen molar-refractivity contribution in [1.82, 2.24) is 5.06 Å². The minimum atomic E-state index is -0.0860. The van der Waals surface area contributed by atoms with Gasteiger partial charge < -0.3 is 11.1 Å². The number of nitrogens with zero attached hydrogens (tertiary/aromatic N) is 1. The van der Waals surface area contributed by atoms with Gasteiger partial charge in [-0.25, -0.2) is 0 Å². The molecule has 3 N–H and O–H groups in total. The van der Waals surface area contributed by atoms with Gasteiger partial charge in [-0.05, 0) is 24.6 Å². The van der Waals surface area contributed by atoms with Gasteiger partial charge in [0.25, 0.3) is 0 Å². The van der Waals surface area contributed by atoms with Crippen LogP contribution in [-0.2, 0) is 9.63 Å². The highest BCUT2D eigenvalue weighted by Gasteiger charge is 2.14. The van der Waals surface area contributed by atoms with Gasteiger partial charge in [0.15, 0.2) is 0 Å². The number of amides is 1. The average Bonchev–Trinajstić information content (AvgIpc) is 2.83. The highest BCUT2D eigenvalue weighted by Crippen LogP contribution is 2.24. The van der Waals surface area contributed by atoms with Crippen LogP contribution in [0.3, 0.4) is 0 Å². The number of rotatable bonds is 4. The van der Waals surface area contributed by atoms with Crippen LogP contribution in [0.1, 0.15) is 12.8 Å². The van der Waals surface area contributed by atoms with E-state index in [2.05, 4.69) is 5.32 Å². The van der Waals surface area contributed by atoms with E-state index in [1.54, 1.807) is 18.2 Å². The Morgan fingerprint density at radius 2 is 2.39 bits per heavy atom. The standard InChI is InChI=1S/C12H16ClN3O2/c13-10-8-9(14)2-3-11(10)15-12(17)4-6-16-5-1-7-18-16/h2-3,8H,1,4-7,14H2,(H,15,17). The summed E-state index contributed by atoms with van der Waals surface area (Å²) >= 11 is 5.97. The molecule has 0 aromatic heterocycles. The van der Waals surface area contributed by atoms with E-state index in [-0.39, 0.29) is 5.91 Å². The molecule has 1 saturated heterocycles. The van der Waals surface area contributed by atoms with Crippen LogP contribution in [0.4, 0.5) is 11.4 Å². The number of anilines is 2. The van der Waals surface area contributed by atoms with Gasteiger partial charge in [0.1, 0.15) is 0 Å². The second-order valence-corrected chi connectivity index (χ2v) is 4.56. The molecule has 0 saturated carbocycles. The summed E-state index contributed by atoms with van der Waals surface area (Å²) in [7, 11) is 0. The quantitative estimate of drug-likeness (QED) is 0.819. The Labute approximate surface area is 111 Å². The zero-order valence-corrected chi connectivity index (χ0v) is 10.7. The predicted octanol–water partition coefficient (Wildman–Crippen LogP) is 1.89. The smallest absolute Gasteiger partial charge is 0.225 e. The molecule has 5 nitrogen and oxygen atoms in total. The monoisotopic (exact) mass is 269 g/mol. The second-order valence-electron chi connectivity index (χ2n) is 4.15. The van der Waals surface area contributed by atoms with Crippen molar-refractivity contribution in [3.8, 4) is 0 Å². The topological polar surface area (TPSA) is 67.6 Å². The largest absolute Gasteiger partial charge is 0.399 e. The molecule has 6 heteroatoms. The molecule has 1 fully saturated rings. The summed E-state index contributed by atoms with van der Waals surface area (Å²) in [6.07, 6.45) is 1.39. The average molecular weight is 270 g/mol. The van der Waals surface area contributed by atoms with Crippen LogP contribution in [-0.4, -0.2) is 30.7 Å². The first-order valence-corrected chi connectivity index (χ1v) is 6.26. The summed E-state index contributed by atoms with van der Waals surface area (Å²) in [6.45, 7) is 2.22. The van der Waals surface area contributed by atoms with Crippen LogP contribution >= 0.6 is 11.6 Å². The molecule has 1 heterocycles. The molecule has 0 radical (unpaired) electrons. The molecule has 0 atom stereocenters. The summed E-state index contributed by atoms with van der Waals surface area (Å²) in [5.41, 5.74) is 6.73. The van der Waals surface area contributed by atoms with E-state index in [1.807, 2.05) is 5.06 Å². The van der Waals surface area contributed by atoms with Crippen molar-refractivity contribution in [3.63, 3.8) is 0 Å². The third kappa shape index (κ3) is 3.60. The number of nitrogens with one attached hydrogen (secondary N) is 1. The van der Waals surface area contributed by atoms with E-state index in [0.29, 0.717) is 29.4 Å². The fraction of sp³-hybridized carbons (Fsp3) is 0.417. The number of hydroxylamine groups is 2. The lowest BCUT2D eigenvalue weighted by atomic mass is 10.2. The molecule has 0 spiro atoms. The maximum Gasteiger partial charge on any atom is 0.225 e. The number of benzene rings is 1. The van der Waals surface area contributed by atoms with E-state index < -0.39 is 0 Å². The number of nitrogens with two attached hydrogens (primary N) is 1. The first kappa shape index (κ1) is 13.1. The minimum Gasteiger partial charge on any atom is -0.399 e. The van der Waals surface area contributed by atoms with Crippen LogP contribution in [0.15, 0.2) is 18.2 Å². The molecule has 18 heavy (non-hydrogen) atoms. The van der Waals surface area contributed by atoms with Crippen LogP contribution < -0.4 is 11.1 Å². The van der Waals surface area contributed by atoms with Crippen molar-refractivity contribution in [2.75, 3.05) is 30.7 Å². The first-order chi connectivity index (χ1) is 8.65. The molecular formula is C12H16ClN3O2. The Hall–Kier alpha value is -1.30. The molecule has 1 amide bonds. The summed E-state index contributed by atoms with van der Waals surface area (Å²) in [5.74, 6) is -0.0860. The van der Waals surface area contributed by atoms with Crippen molar-refractivity contribution in [1.29, 1.82) is 0 Å². The molecule has 2 rings (SSSR count). The Balaban J connectivity index is 1.82. The van der Waals surface area contributed by atoms with Gasteiger partial charge in [-0.3, -0.25) is 9.63 Å². The maximum absolute atomic E-state index is 11.7. The van der Waals surface area contributed by atoms with Crippen molar-refractivity contribution < 1.29 is 9.63 Å². The van der Waals surface area contributed by atoms with Gasteiger partial charge in [-0.1, -0.05) is 11.6 Å². The molecular weight excluding hydrogens is 254 g/mol. The molecule has 0 aliphatic carbocycles. The molecule has 98 valence electrons. The third-order valence-corrected chi connectivity index (χ3v) is 2.99. The predicted molar refractivity (Wildman–Crippen MR) is 71.3 cm³/mol. The lowest BCUT2D eigenvalue weighted by Crippen LogP contribution is -2.24. The second kappa shape index (κ2) is 6.04. The lowest BCUT2D eigenvalue weighted by Gasteiger charge is -2.13. The Morgan fingerprint density at radius 1 is 1.56 bits per heavy atom. The van der Waals surface area contributed by atoms with Crippen LogP contribution in [0, 0.1) is 0 Å². The van der Waals surface area contributed by atoms with Gasteiger partial charge in [-0.2, -0.15) is 5.06 Å². The highest BCUT2D eigenvalue weighted by atomic mass is 35.5. The van der Waals surface area contributed by atoms with E-state index >= 15 is 0 Å². The molecule has 1 aliphatic heterocycles. The van der Waals surface area contributed by atoms with Crippen LogP contribution in [0.2, 0.25) is 5.02 Å². The normalized spacial score (nSPS) is 15.8. The third-order valence-electron chi connectivity index (χ3n) is 2.68. The fourth-order valence-electron chi connectivity index (χ4n) is 1.75. The summed E-state index contributed by atoms with van der Waals surface area (Å²) in [4.78, 5) is 17.0. The highest BCUT2D eigenvalue weighted by molar-refractivity contribution is 6.34. The zero-order chi connectivity index (χ0) is 13.0. The van der Waals surface area contributed by atoms with Crippen molar-refractivity contribution in [3.05, 3.63) is 23.2 Å². The van der Waals surface area contributed by atoms with Crippen molar-refractivity contribution in [2.24, 2.45) is 0 Å². The maximum atomic E-state index is 11.7. The number of nitrogen functional groups attached to an aromatic ring is 1. The number of halogens is 1. The number of hydrogen-bond acceptors (Lipinski definition) is 4. The zero-order valence-electron chi connectivity index (χ0n) is 9.99. The minimum absolute atomic E-state index is 0.0860. The van der Waals surface area contributed by atoms with Crippen molar-refractivity contribution in [2.45, 2.75) is 12.8 Å². The molecule has 0 unspecified atom stereocenters. The van der Waals surface area contributed by atoms with E-state index in [0.717, 1.165) is 19.6 Å². The summed E-state index contributed by atoms with van der Waals surface area (Å²) < 4.78 is 0. The Kier molecular flexibility index (Phi) is 4.41. The van der Waals surface area contributed by atoms with E-state index in [4.69, 9.17) is 22.2 Å². The number of carbonyl (C=O) groups excluding carboxylic acids is 1. The van der Waals surface area contributed by atoms with Crippen LogP contribution in [0.5, 0.6) is 0 Å². The molecule has 1 aromatic rings. The van der Waals surface area contributed by atoms with E-state index in [9.17, 15) is 4.79 Å². The van der Waals surface area contributed by atoms with Crippen LogP contribution in [0.25, 0.3) is 0 Å². The number of hydrogen-bond donors (Lipinski definition) is 2. The van der Waals surface area contributed by atoms with Gasteiger partial charge in [0.05, 0.1) is 17.3 Å². The Bertz CT molecular complexity index is 433. The van der Waals surface area contributed by atoms with Gasteiger partial charge in [0, 0.05) is 25.2 Å². The molecule has 0 bridgehead atoms. The van der Waals surface area contributed by atoms with Gasteiger partial charge >= 0.3 is 0 Å². The van der Waals surface area contributed by atoms with Gasteiger partial charge in [-0.15, -0.1) is 0 Å².